The van der Waals surface area contributed by atoms with Crippen LogP contribution in [0.25, 0.3) is 11.0 Å². The lowest BCUT2D eigenvalue weighted by Crippen LogP contribution is -2.17. The standard InChI is InChI=1S/C23H25F3N4O3S/c1-3-4-11-30-19-10-5-15(23(24,25)26)12-18(19)29-22(30)34-14-21(32)28-17-8-6-16(7-9-17)27-20(31)13-33-2/h5-10,12H,3-4,11,13-14H2,1-2H3,(H,27,31)(H,28,32). The number of amides is 2. The van der Waals surface area contributed by atoms with Gasteiger partial charge in [-0.3, -0.25) is 9.59 Å². The van der Waals surface area contributed by atoms with E-state index in [9.17, 15) is 22.8 Å². The molecule has 0 bridgehead atoms. The number of rotatable bonds is 10. The molecule has 1 aromatic heterocycles. The third kappa shape index (κ3) is 6.73. The van der Waals surface area contributed by atoms with Crippen LogP contribution in [-0.4, -0.2) is 40.8 Å². The summed E-state index contributed by atoms with van der Waals surface area (Å²) in [6, 6.07) is 10.1. The Kier molecular flexibility index (Phi) is 8.56. The van der Waals surface area contributed by atoms with Crippen molar-refractivity contribution in [3.8, 4) is 0 Å². The molecule has 11 heteroatoms. The van der Waals surface area contributed by atoms with E-state index < -0.39 is 11.7 Å². The number of nitrogens with one attached hydrogen (secondary N) is 2. The highest BCUT2D eigenvalue weighted by Gasteiger charge is 2.31. The number of nitrogens with zero attached hydrogens (tertiary/aromatic N) is 2. The van der Waals surface area contributed by atoms with Gasteiger partial charge in [-0.05, 0) is 48.9 Å². The van der Waals surface area contributed by atoms with E-state index in [0.29, 0.717) is 28.6 Å². The Balaban J connectivity index is 1.67. The molecule has 0 radical (unpaired) electrons. The Bertz CT molecular complexity index is 1150. The molecule has 1 heterocycles. The summed E-state index contributed by atoms with van der Waals surface area (Å²) < 4.78 is 45.9. The Morgan fingerprint density at radius 3 is 2.29 bits per heavy atom. The van der Waals surface area contributed by atoms with Gasteiger partial charge in [0.2, 0.25) is 11.8 Å². The molecule has 0 aliphatic rings. The number of carbonyl (C=O) groups is 2. The van der Waals surface area contributed by atoms with E-state index in [2.05, 4.69) is 15.6 Å². The fourth-order valence-electron chi connectivity index (χ4n) is 3.22. The molecule has 0 spiro atoms. The van der Waals surface area contributed by atoms with Gasteiger partial charge in [-0.15, -0.1) is 0 Å². The number of unbranched alkanes of at least 4 members (excludes halogenated alkanes) is 1. The molecule has 0 atom stereocenters. The highest BCUT2D eigenvalue weighted by Crippen LogP contribution is 2.33. The molecule has 0 fully saturated rings. The second-order valence-corrected chi connectivity index (χ2v) is 8.44. The van der Waals surface area contributed by atoms with Crippen LogP contribution in [0.15, 0.2) is 47.6 Å². The van der Waals surface area contributed by atoms with Gasteiger partial charge in [0.15, 0.2) is 5.16 Å². The maximum absolute atomic E-state index is 13.1. The van der Waals surface area contributed by atoms with Crippen molar-refractivity contribution in [1.82, 2.24) is 9.55 Å². The zero-order valence-corrected chi connectivity index (χ0v) is 19.6. The van der Waals surface area contributed by atoms with Crippen molar-refractivity contribution in [2.24, 2.45) is 0 Å². The number of methoxy groups -OCH3 is 1. The Morgan fingerprint density at radius 2 is 1.71 bits per heavy atom. The van der Waals surface area contributed by atoms with Crippen molar-refractivity contribution in [2.75, 3.05) is 30.1 Å². The minimum Gasteiger partial charge on any atom is -0.375 e. The van der Waals surface area contributed by atoms with Crippen LogP contribution in [0.2, 0.25) is 0 Å². The quantitative estimate of drug-likeness (QED) is 0.380. The summed E-state index contributed by atoms with van der Waals surface area (Å²) in [7, 11) is 1.43. The van der Waals surface area contributed by atoms with Crippen LogP contribution in [0.5, 0.6) is 0 Å². The number of halogens is 3. The second kappa shape index (κ2) is 11.4. The molecule has 2 N–H and O–H groups in total. The van der Waals surface area contributed by atoms with Crippen molar-refractivity contribution in [3.05, 3.63) is 48.0 Å². The number of alkyl halides is 3. The van der Waals surface area contributed by atoms with E-state index in [1.165, 1.54) is 24.9 Å². The number of aryl methyl sites for hydroxylation is 1. The third-order valence-electron chi connectivity index (χ3n) is 4.84. The molecular weight excluding hydrogens is 469 g/mol. The van der Waals surface area contributed by atoms with Crippen LogP contribution in [-0.2, 0) is 27.0 Å². The Hall–Kier alpha value is -3.05. The van der Waals surface area contributed by atoms with Gasteiger partial charge in [-0.1, -0.05) is 25.1 Å². The fraction of sp³-hybridized carbons (Fsp3) is 0.348. The maximum Gasteiger partial charge on any atom is 0.416 e. The topological polar surface area (TPSA) is 85.2 Å². The van der Waals surface area contributed by atoms with Crippen molar-refractivity contribution in [2.45, 2.75) is 37.6 Å². The molecule has 2 amide bonds. The van der Waals surface area contributed by atoms with E-state index in [1.54, 1.807) is 24.3 Å². The number of hydrogen-bond donors (Lipinski definition) is 2. The summed E-state index contributed by atoms with van der Waals surface area (Å²) >= 11 is 1.17. The van der Waals surface area contributed by atoms with Gasteiger partial charge in [-0.2, -0.15) is 13.2 Å². The van der Waals surface area contributed by atoms with Gasteiger partial charge in [0.25, 0.3) is 0 Å². The van der Waals surface area contributed by atoms with Gasteiger partial charge in [0, 0.05) is 25.0 Å². The number of anilines is 2. The lowest BCUT2D eigenvalue weighted by atomic mass is 10.2. The van der Waals surface area contributed by atoms with Crippen molar-refractivity contribution >= 4 is 46.0 Å². The van der Waals surface area contributed by atoms with Crippen molar-refractivity contribution in [1.29, 1.82) is 0 Å². The smallest absolute Gasteiger partial charge is 0.375 e. The molecule has 0 unspecified atom stereocenters. The number of benzene rings is 2. The van der Waals surface area contributed by atoms with Gasteiger partial charge < -0.3 is 19.9 Å². The zero-order valence-electron chi connectivity index (χ0n) is 18.7. The molecule has 3 rings (SSSR count). The molecule has 182 valence electrons. The number of ether oxygens (including phenoxy) is 1. The summed E-state index contributed by atoms with van der Waals surface area (Å²) in [4.78, 5) is 28.4. The summed E-state index contributed by atoms with van der Waals surface area (Å²) in [5.41, 5.74) is 1.22. The SMILES string of the molecule is CCCCn1c(SCC(=O)Nc2ccc(NC(=O)COC)cc2)nc2cc(C(F)(F)F)ccc21. The summed E-state index contributed by atoms with van der Waals surface area (Å²) in [5, 5.41) is 5.91. The van der Waals surface area contributed by atoms with E-state index in [0.717, 1.165) is 25.0 Å². The highest BCUT2D eigenvalue weighted by molar-refractivity contribution is 7.99. The molecule has 0 saturated carbocycles. The number of carbonyl (C=O) groups excluding carboxylic acids is 2. The predicted molar refractivity (Wildman–Crippen MR) is 126 cm³/mol. The lowest BCUT2D eigenvalue weighted by Gasteiger charge is -2.10. The molecular formula is C23H25F3N4O3S. The van der Waals surface area contributed by atoms with Gasteiger partial charge in [0.1, 0.15) is 6.61 Å². The van der Waals surface area contributed by atoms with Gasteiger partial charge >= 0.3 is 6.18 Å². The Morgan fingerprint density at radius 1 is 1.06 bits per heavy atom. The molecule has 7 nitrogen and oxygen atoms in total. The normalized spacial score (nSPS) is 11.6. The predicted octanol–water partition coefficient (Wildman–Crippen LogP) is 5.17. The van der Waals surface area contributed by atoms with E-state index in [-0.39, 0.29) is 29.7 Å². The number of hydrogen-bond acceptors (Lipinski definition) is 5. The molecule has 0 aliphatic carbocycles. The first kappa shape index (κ1) is 25.6. The van der Waals surface area contributed by atoms with Crippen LogP contribution >= 0.6 is 11.8 Å². The maximum atomic E-state index is 13.1. The second-order valence-electron chi connectivity index (χ2n) is 7.50. The zero-order chi connectivity index (χ0) is 24.7. The van der Waals surface area contributed by atoms with E-state index in [1.807, 2.05) is 11.5 Å². The first-order chi connectivity index (χ1) is 16.2. The van der Waals surface area contributed by atoms with Crippen LogP contribution < -0.4 is 10.6 Å². The molecule has 3 aromatic rings. The number of imidazole rings is 1. The minimum absolute atomic E-state index is 0.0356. The van der Waals surface area contributed by atoms with Crippen LogP contribution in [0, 0.1) is 0 Å². The summed E-state index contributed by atoms with van der Waals surface area (Å²) in [5.74, 6) is -0.538. The first-order valence-corrected chi connectivity index (χ1v) is 11.6. The molecule has 0 saturated heterocycles. The first-order valence-electron chi connectivity index (χ1n) is 10.6. The molecule has 2 aromatic carbocycles. The van der Waals surface area contributed by atoms with E-state index >= 15 is 0 Å². The molecule has 0 aliphatic heterocycles. The number of fused-ring (bicyclic) bond motifs is 1. The fourth-order valence-corrected chi connectivity index (χ4v) is 4.06. The largest absolute Gasteiger partial charge is 0.416 e. The average Bonchev–Trinajstić information content (AvgIpc) is 3.14. The van der Waals surface area contributed by atoms with E-state index in [4.69, 9.17) is 4.74 Å². The highest BCUT2D eigenvalue weighted by atomic mass is 32.2. The average molecular weight is 495 g/mol. The Labute approximate surface area is 199 Å². The lowest BCUT2D eigenvalue weighted by molar-refractivity contribution is -0.137. The summed E-state index contributed by atoms with van der Waals surface area (Å²) in [6.45, 7) is 2.56. The minimum atomic E-state index is -4.45. The monoisotopic (exact) mass is 494 g/mol. The summed E-state index contributed by atoms with van der Waals surface area (Å²) in [6.07, 6.45) is -2.71. The van der Waals surface area contributed by atoms with Crippen molar-refractivity contribution in [3.63, 3.8) is 0 Å². The van der Waals surface area contributed by atoms with Gasteiger partial charge in [0.05, 0.1) is 22.3 Å². The van der Waals surface area contributed by atoms with Crippen LogP contribution in [0.3, 0.4) is 0 Å². The van der Waals surface area contributed by atoms with Crippen LogP contribution in [0.1, 0.15) is 25.3 Å². The number of aromatic nitrogens is 2. The third-order valence-corrected chi connectivity index (χ3v) is 5.81. The van der Waals surface area contributed by atoms with Crippen LogP contribution in [0.4, 0.5) is 24.5 Å². The van der Waals surface area contributed by atoms with Crippen molar-refractivity contribution < 1.29 is 27.5 Å². The number of thioether (sulfide) groups is 1. The molecule has 34 heavy (non-hydrogen) atoms. The van der Waals surface area contributed by atoms with Gasteiger partial charge in [-0.25, -0.2) is 4.98 Å².